The van der Waals surface area contributed by atoms with E-state index in [1.54, 1.807) is 11.0 Å². The van der Waals surface area contributed by atoms with E-state index in [1.807, 2.05) is 56.3 Å². The highest BCUT2D eigenvalue weighted by Gasteiger charge is 2.25. The molecule has 0 atom stereocenters. The molecule has 0 fully saturated rings. The molecule has 5 heteroatoms. The van der Waals surface area contributed by atoms with E-state index in [0.29, 0.717) is 17.7 Å². The maximum Gasteiger partial charge on any atom is 0.259 e. The van der Waals surface area contributed by atoms with Gasteiger partial charge in [0.1, 0.15) is 0 Å². The number of pyridine rings is 1. The zero-order valence-corrected chi connectivity index (χ0v) is 15.9. The predicted octanol–water partition coefficient (Wildman–Crippen LogP) is 4.15. The van der Waals surface area contributed by atoms with Crippen LogP contribution >= 0.6 is 0 Å². The highest BCUT2D eigenvalue weighted by atomic mass is 16.2. The van der Waals surface area contributed by atoms with E-state index in [-0.39, 0.29) is 11.8 Å². The van der Waals surface area contributed by atoms with Crippen LogP contribution in [0.1, 0.15) is 37.4 Å². The number of para-hydroxylation sites is 1. The minimum atomic E-state index is -0.283. The molecule has 0 radical (unpaired) electrons. The molecule has 2 amide bonds. The summed E-state index contributed by atoms with van der Waals surface area (Å²) in [6.45, 7) is 4.60. The van der Waals surface area contributed by atoms with E-state index in [1.165, 1.54) is 12.4 Å². The van der Waals surface area contributed by atoms with E-state index in [0.717, 1.165) is 34.5 Å². The van der Waals surface area contributed by atoms with E-state index in [4.69, 9.17) is 0 Å². The van der Waals surface area contributed by atoms with Gasteiger partial charge >= 0.3 is 0 Å². The molecular formula is C23H21N3O2. The van der Waals surface area contributed by atoms with Gasteiger partial charge in [0.05, 0.1) is 11.1 Å². The molecule has 2 aromatic carbocycles. The summed E-state index contributed by atoms with van der Waals surface area (Å²) in [6.07, 6.45) is 3.83. The van der Waals surface area contributed by atoms with Crippen LogP contribution in [0.2, 0.25) is 0 Å². The predicted molar refractivity (Wildman–Crippen MR) is 110 cm³/mol. The molecule has 28 heavy (non-hydrogen) atoms. The summed E-state index contributed by atoms with van der Waals surface area (Å²) in [4.78, 5) is 31.5. The Hall–Kier alpha value is -3.47. The average Bonchev–Trinajstić information content (AvgIpc) is 3.11. The quantitative estimate of drug-likeness (QED) is 0.752. The summed E-state index contributed by atoms with van der Waals surface area (Å²) >= 11 is 0. The second kappa shape index (κ2) is 7.27. The zero-order chi connectivity index (χ0) is 19.7. The molecule has 3 aromatic rings. The van der Waals surface area contributed by atoms with Crippen LogP contribution in [0.3, 0.4) is 0 Å². The third-order valence-electron chi connectivity index (χ3n) is 4.86. The molecule has 0 saturated heterocycles. The number of benzene rings is 2. The van der Waals surface area contributed by atoms with E-state index >= 15 is 0 Å². The lowest BCUT2D eigenvalue weighted by Crippen LogP contribution is -2.29. The van der Waals surface area contributed by atoms with Crippen LogP contribution in [0.25, 0.3) is 0 Å². The van der Waals surface area contributed by atoms with E-state index in [2.05, 4.69) is 10.3 Å². The van der Waals surface area contributed by atoms with Crippen molar-refractivity contribution in [1.82, 2.24) is 4.98 Å². The normalized spacial score (nSPS) is 12.6. The Balaban J connectivity index is 1.56. The second-order valence-electron chi connectivity index (χ2n) is 7.13. The number of nitrogens with one attached hydrogen (secondary N) is 1. The number of hydrogen-bond donors (Lipinski definition) is 1. The van der Waals surface area contributed by atoms with Crippen LogP contribution in [0.5, 0.6) is 0 Å². The SMILES string of the molecule is Cc1cc(C)cc(NC(=O)c2cncc(C(=O)N3CCc4ccccc43)c2)c1. The number of amides is 2. The number of nitrogens with zero attached hydrogens (tertiary/aromatic N) is 2. The molecule has 0 spiro atoms. The highest BCUT2D eigenvalue weighted by Crippen LogP contribution is 2.28. The monoisotopic (exact) mass is 371 g/mol. The summed E-state index contributed by atoms with van der Waals surface area (Å²) in [7, 11) is 0. The fourth-order valence-electron chi connectivity index (χ4n) is 3.64. The van der Waals surface area contributed by atoms with Crippen molar-refractivity contribution in [2.24, 2.45) is 0 Å². The van der Waals surface area contributed by atoms with Gasteiger partial charge in [0, 0.05) is 30.3 Å². The number of anilines is 2. The van der Waals surface area contributed by atoms with Crippen molar-refractivity contribution in [1.29, 1.82) is 0 Å². The fourth-order valence-corrected chi connectivity index (χ4v) is 3.64. The molecular weight excluding hydrogens is 350 g/mol. The van der Waals surface area contributed by atoms with Gasteiger partial charge in [0.15, 0.2) is 0 Å². The molecule has 1 aromatic heterocycles. The van der Waals surface area contributed by atoms with Crippen LogP contribution in [0, 0.1) is 13.8 Å². The minimum absolute atomic E-state index is 0.140. The van der Waals surface area contributed by atoms with Crippen molar-refractivity contribution < 1.29 is 9.59 Å². The topological polar surface area (TPSA) is 62.3 Å². The van der Waals surface area contributed by atoms with Gasteiger partial charge < -0.3 is 10.2 Å². The number of hydrogen-bond acceptors (Lipinski definition) is 3. The molecule has 0 aliphatic carbocycles. The van der Waals surface area contributed by atoms with Crippen LogP contribution in [-0.4, -0.2) is 23.3 Å². The zero-order valence-electron chi connectivity index (χ0n) is 15.9. The number of carbonyl (C=O) groups excluding carboxylic acids is 2. The number of rotatable bonds is 3. The molecule has 1 aliphatic rings. The van der Waals surface area contributed by atoms with Crippen molar-refractivity contribution in [3.63, 3.8) is 0 Å². The van der Waals surface area contributed by atoms with E-state index < -0.39 is 0 Å². The number of carbonyl (C=O) groups is 2. The second-order valence-corrected chi connectivity index (χ2v) is 7.13. The van der Waals surface area contributed by atoms with Crippen LogP contribution in [0.4, 0.5) is 11.4 Å². The van der Waals surface area contributed by atoms with Gasteiger partial charge in [-0.1, -0.05) is 24.3 Å². The molecule has 0 bridgehead atoms. The Labute approximate surface area is 164 Å². The summed E-state index contributed by atoms with van der Waals surface area (Å²) < 4.78 is 0. The maximum absolute atomic E-state index is 13.0. The largest absolute Gasteiger partial charge is 0.322 e. The Morgan fingerprint density at radius 1 is 0.964 bits per heavy atom. The van der Waals surface area contributed by atoms with Gasteiger partial charge in [-0.15, -0.1) is 0 Å². The van der Waals surface area contributed by atoms with Gasteiger partial charge in [-0.3, -0.25) is 14.6 Å². The summed E-state index contributed by atoms with van der Waals surface area (Å²) in [5, 5.41) is 2.89. The van der Waals surface area contributed by atoms with Crippen molar-refractivity contribution in [3.8, 4) is 0 Å². The van der Waals surface area contributed by atoms with Gasteiger partial charge in [0.25, 0.3) is 11.8 Å². The first-order valence-corrected chi connectivity index (χ1v) is 9.26. The first-order chi connectivity index (χ1) is 13.5. The molecule has 4 rings (SSSR count). The number of aromatic nitrogens is 1. The molecule has 140 valence electrons. The molecule has 1 N–H and O–H groups in total. The summed E-state index contributed by atoms with van der Waals surface area (Å²) in [6, 6.07) is 15.4. The van der Waals surface area contributed by atoms with Gasteiger partial charge in [0.2, 0.25) is 0 Å². The number of aryl methyl sites for hydroxylation is 2. The minimum Gasteiger partial charge on any atom is -0.322 e. The van der Waals surface area contributed by atoms with Crippen molar-refractivity contribution in [2.45, 2.75) is 20.3 Å². The lowest BCUT2D eigenvalue weighted by Gasteiger charge is -2.17. The third kappa shape index (κ3) is 3.51. The first-order valence-electron chi connectivity index (χ1n) is 9.26. The Kier molecular flexibility index (Phi) is 4.65. The average molecular weight is 371 g/mol. The van der Waals surface area contributed by atoms with Crippen molar-refractivity contribution in [3.05, 3.63) is 88.7 Å². The highest BCUT2D eigenvalue weighted by molar-refractivity contribution is 6.10. The van der Waals surface area contributed by atoms with Crippen LogP contribution < -0.4 is 10.2 Å². The van der Waals surface area contributed by atoms with E-state index in [9.17, 15) is 9.59 Å². The lowest BCUT2D eigenvalue weighted by molar-refractivity contribution is 0.0989. The maximum atomic E-state index is 13.0. The van der Waals surface area contributed by atoms with Crippen LogP contribution in [-0.2, 0) is 6.42 Å². The Bertz CT molecular complexity index is 1050. The fraction of sp³-hybridized carbons (Fsp3) is 0.174. The number of fused-ring (bicyclic) bond motifs is 1. The van der Waals surface area contributed by atoms with Crippen molar-refractivity contribution >= 4 is 23.2 Å². The Morgan fingerprint density at radius 3 is 2.46 bits per heavy atom. The summed E-state index contributed by atoms with van der Waals surface area (Å²) in [5.74, 6) is -0.424. The lowest BCUT2D eigenvalue weighted by atomic mass is 10.1. The standard InChI is InChI=1S/C23H21N3O2/c1-15-9-16(2)11-20(10-15)25-22(27)18-12-19(14-24-13-18)23(28)26-8-7-17-5-3-4-6-21(17)26/h3-6,9-14H,7-8H2,1-2H3,(H,25,27). The third-order valence-corrected chi connectivity index (χ3v) is 4.86. The Morgan fingerprint density at radius 2 is 1.68 bits per heavy atom. The molecule has 1 aliphatic heterocycles. The van der Waals surface area contributed by atoms with Crippen molar-refractivity contribution in [2.75, 3.05) is 16.8 Å². The van der Waals surface area contributed by atoms with Gasteiger partial charge in [-0.05, 0) is 61.2 Å². The van der Waals surface area contributed by atoms with Crippen LogP contribution in [0.15, 0.2) is 60.9 Å². The molecule has 0 saturated carbocycles. The summed E-state index contributed by atoms with van der Waals surface area (Å²) in [5.41, 5.74) is 5.73. The first kappa shape index (κ1) is 17.9. The molecule has 5 nitrogen and oxygen atoms in total. The van der Waals surface area contributed by atoms with Gasteiger partial charge in [-0.25, -0.2) is 0 Å². The molecule has 2 heterocycles. The molecule has 0 unspecified atom stereocenters. The van der Waals surface area contributed by atoms with Gasteiger partial charge in [-0.2, -0.15) is 0 Å². The smallest absolute Gasteiger partial charge is 0.259 e.